The van der Waals surface area contributed by atoms with E-state index in [1.165, 1.54) is 7.11 Å². The van der Waals surface area contributed by atoms with E-state index in [0.717, 1.165) is 16.6 Å². The molecule has 1 aliphatic heterocycles. The Balaban J connectivity index is 2.05. The Morgan fingerprint density at radius 2 is 1.96 bits per heavy atom. The first kappa shape index (κ1) is 20.7. The van der Waals surface area contributed by atoms with Crippen LogP contribution in [0.2, 0.25) is 0 Å². The predicted octanol–water partition coefficient (Wildman–Crippen LogP) is 3.68. The van der Waals surface area contributed by atoms with E-state index in [2.05, 4.69) is 20.8 Å². The van der Waals surface area contributed by atoms with Crippen LogP contribution in [0.1, 0.15) is 43.6 Å². The van der Waals surface area contributed by atoms with Crippen molar-refractivity contribution < 1.29 is 19.1 Å². The van der Waals surface area contributed by atoms with Crippen LogP contribution in [0.3, 0.4) is 0 Å². The standard InChI is InChI=1S/C19H27BrN2O4/c1-13-11-21(8-9-22(13)18(24)26-19(2,3)4)12-14-10-15(20)6-7-16(14)17(23)25-5/h6-7,10,13H,8-9,11-12H2,1-5H3/t13-/m1/s1. The molecule has 6 nitrogen and oxygen atoms in total. The normalized spacial score (nSPS) is 18.5. The lowest BCUT2D eigenvalue weighted by Gasteiger charge is -2.40. The lowest BCUT2D eigenvalue weighted by molar-refractivity contribution is 0.000546. The third-order valence-corrected chi connectivity index (χ3v) is 4.70. The molecule has 1 aromatic carbocycles. The molecule has 144 valence electrons. The topological polar surface area (TPSA) is 59.1 Å². The molecule has 0 aliphatic carbocycles. The van der Waals surface area contributed by atoms with Crippen molar-refractivity contribution in [1.82, 2.24) is 9.80 Å². The van der Waals surface area contributed by atoms with Crippen LogP contribution < -0.4 is 0 Å². The highest BCUT2D eigenvalue weighted by Gasteiger charge is 2.31. The molecule has 0 unspecified atom stereocenters. The number of methoxy groups -OCH3 is 1. The average molecular weight is 427 g/mol. The van der Waals surface area contributed by atoms with Crippen molar-refractivity contribution in [3.63, 3.8) is 0 Å². The van der Waals surface area contributed by atoms with Gasteiger partial charge in [0.15, 0.2) is 0 Å². The minimum absolute atomic E-state index is 0.0346. The van der Waals surface area contributed by atoms with Gasteiger partial charge in [-0.2, -0.15) is 0 Å². The molecule has 2 rings (SSSR count). The maximum absolute atomic E-state index is 12.3. The van der Waals surface area contributed by atoms with Crippen LogP contribution in [-0.4, -0.2) is 60.2 Å². The monoisotopic (exact) mass is 426 g/mol. The fourth-order valence-electron chi connectivity index (χ4n) is 3.01. The van der Waals surface area contributed by atoms with Gasteiger partial charge in [-0.3, -0.25) is 4.90 Å². The van der Waals surface area contributed by atoms with Crippen molar-refractivity contribution in [2.75, 3.05) is 26.7 Å². The van der Waals surface area contributed by atoms with Gasteiger partial charge in [-0.1, -0.05) is 15.9 Å². The van der Waals surface area contributed by atoms with Crippen molar-refractivity contribution >= 4 is 28.0 Å². The van der Waals surface area contributed by atoms with Crippen molar-refractivity contribution in [3.8, 4) is 0 Å². The molecular formula is C19H27BrN2O4. The highest BCUT2D eigenvalue weighted by Crippen LogP contribution is 2.22. The Hall–Kier alpha value is -1.60. The molecule has 0 saturated carbocycles. The molecule has 1 amide bonds. The predicted molar refractivity (Wildman–Crippen MR) is 103 cm³/mol. The van der Waals surface area contributed by atoms with Gasteiger partial charge in [-0.05, 0) is 51.5 Å². The number of hydrogen-bond donors (Lipinski definition) is 0. The van der Waals surface area contributed by atoms with Crippen molar-refractivity contribution in [2.24, 2.45) is 0 Å². The number of hydrogen-bond acceptors (Lipinski definition) is 5. The third kappa shape index (κ3) is 5.45. The third-order valence-electron chi connectivity index (χ3n) is 4.21. The zero-order valence-corrected chi connectivity index (χ0v) is 17.6. The van der Waals surface area contributed by atoms with Crippen LogP contribution in [0.5, 0.6) is 0 Å². The van der Waals surface area contributed by atoms with Crippen LogP contribution in [0.4, 0.5) is 4.79 Å². The van der Waals surface area contributed by atoms with E-state index in [1.54, 1.807) is 11.0 Å². The highest BCUT2D eigenvalue weighted by molar-refractivity contribution is 9.10. The Labute approximate surface area is 163 Å². The molecule has 1 heterocycles. The van der Waals surface area contributed by atoms with Crippen LogP contribution in [0, 0.1) is 0 Å². The molecule has 1 aliphatic rings. The lowest BCUT2D eigenvalue weighted by Crippen LogP contribution is -2.54. The van der Waals surface area contributed by atoms with Gasteiger partial charge in [-0.15, -0.1) is 0 Å². The molecule has 0 N–H and O–H groups in total. The van der Waals surface area contributed by atoms with Gasteiger partial charge in [0.2, 0.25) is 0 Å². The van der Waals surface area contributed by atoms with E-state index in [-0.39, 0.29) is 18.1 Å². The van der Waals surface area contributed by atoms with Gasteiger partial charge in [0.05, 0.1) is 12.7 Å². The summed E-state index contributed by atoms with van der Waals surface area (Å²) in [6.07, 6.45) is -0.276. The van der Waals surface area contributed by atoms with Crippen LogP contribution in [0.25, 0.3) is 0 Å². The van der Waals surface area contributed by atoms with Crippen LogP contribution >= 0.6 is 15.9 Å². The van der Waals surface area contributed by atoms with Gasteiger partial charge in [0, 0.05) is 36.7 Å². The first-order valence-electron chi connectivity index (χ1n) is 8.69. The van der Waals surface area contributed by atoms with E-state index < -0.39 is 5.60 Å². The van der Waals surface area contributed by atoms with E-state index >= 15 is 0 Å². The minimum Gasteiger partial charge on any atom is -0.465 e. The minimum atomic E-state index is -0.500. The molecule has 1 saturated heterocycles. The van der Waals surface area contributed by atoms with Gasteiger partial charge in [0.25, 0.3) is 0 Å². The number of benzene rings is 1. The number of halogens is 1. The molecule has 1 atom stereocenters. The summed E-state index contributed by atoms with van der Waals surface area (Å²) in [5.41, 5.74) is 0.974. The first-order chi connectivity index (χ1) is 12.1. The zero-order valence-electron chi connectivity index (χ0n) is 16.0. The number of rotatable bonds is 3. The second-order valence-corrected chi connectivity index (χ2v) is 8.47. The van der Waals surface area contributed by atoms with E-state index in [0.29, 0.717) is 25.2 Å². The fraction of sp³-hybridized carbons (Fsp3) is 0.579. The number of carbonyl (C=O) groups excluding carboxylic acids is 2. The Morgan fingerprint density at radius 3 is 2.54 bits per heavy atom. The van der Waals surface area contributed by atoms with Gasteiger partial charge in [0.1, 0.15) is 5.60 Å². The van der Waals surface area contributed by atoms with Gasteiger partial charge in [-0.25, -0.2) is 9.59 Å². The SMILES string of the molecule is COC(=O)c1ccc(Br)cc1CN1CCN(C(=O)OC(C)(C)C)[C@H](C)C1. The number of ether oxygens (including phenoxy) is 2. The first-order valence-corrected chi connectivity index (χ1v) is 9.48. The number of carbonyl (C=O) groups is 2. The number of amides is 1. The fourth-order valence-corrected chi connectivity index (χ4v) is 3.42. The van der Waals surface area contributed by atoms with Gasteiger partial charge >= 0.3 is 12.1 Å². The Kier molecular flexibility index (Phi) is 6.69. The summed E-state index contributed by atoms with van der Waals surface area (Å²) in [6, 6.07) is 5.58. The smallest absolute Gasteiger partial charge is 0.410 e. The second-order valence-electron chi connectivity index (χ2n) is 7.55. The summed E-state index contributed by atoms with van der Waals surface area (Å²) in [5, 5.41) is 0. The van der Waals surface area contributed by atoms with E-state index in [1.807, 2.05) is 39.8 Å². The van der Waals surface area contributed by atoms with Crippen LogP contribution in [-0.2, 0) is 16.0 Å². The zero-order chi connectivity index (χ0) is 19.5. The molecule has 0 radical (unpaired) electrons. The maximum atomic E-state index is 12.3. The molecule has 1 fully saturated rings. The quantitative estimate of drug-likeness (QED) is 0.689. The molecule has 0 spiro atoms. The van der Waals surface area contributed by atoms with Crippen molar-refractivity contribution in [3.05, 3.63) is 33.8 Å². The van der Waals surface area contributed by atoms with E-state index in [9.17, 15) is 9.59 Å². The van der Waals surface area contributed by atoms with Crippen molar-refractivity contribution in [1.29, 1.82) is 0 Å². The summed E-state index contributed by atoms with van der Waals surface area (Å²) < 4.78 is 11.3. The number of nitrogens with zero attached hydrogens (tertiary/aromatic N) is 2. The summed E-state index contributed by atoms with van der Waals surface area (Å²) in [5.74, 6) is -0.340. The van der Waals surface area contributed by atoms with Crippen LogP contribution in [0.15, 0.2) is 22.7 Å². The van der Waals surface area contributed by atoms with Gasteiger partial charge < -0.3 is 14.4 Å². The maximum Gasteiger partial charge on any atom is 0.410 e. The Bertz CT molecular complexity index is 672. The number of esters is 1. The Morgan fingerprint density at radius 1 is 1.27 bits per heavy atom. The molecule has 0 bridgehead atoms. The average Bonchev–Trinajstić information content (AvgIpc) is 2.52. The molecule has 1 aromatic rings. The van der Waals surface area contributed by atoms with Crippen molar-refractivity contribution in [2.45, 2.75) is 45.9 Å². The molecule has 26 heavy (non-hydrogen) atoms. The highest BCUT2D eigenvalue weighted by atomic mass is 79.9. The second kappa shape index (κ2) is 8.39. The summed E-state index contributed by atoms with van der Waals surface area (Å²) in [7, 11) is 1.38. The molecule has 7 heteroatoms. The summed E-state index contributed by atoms with van der Waals surface area (Å²) in [6.45, 7) is 10.3. The summed E-state index contributed by atoms with van der Waals surface area (Å²) in [4.78, 5) is 28.3. The molecular weight excluding hydrogens is 400 g/mol. The van der Waals surface area contributed by atoms with E-state index in [4.69, 9.17) is 9.47 Å². The molecule has 0 aromatic heterocycles. The lowest BCUT2D eigenvalue weighted by atomic mass is 10.1. The number of piperazine rings is 1. The summed E-state index contributed by atoms with van der Waals surface area (Å²) >= 11 is 3.46. The largest absolute Gasteiger partial charge is 0.465 e.